The van der Waals surface area contributed by atoms with Crippen LogP contribution in [-0.4, -0.2) is 22.5 Å². The van der Waals surface area contributed by atoms with Gasteiger partial charge in [0.1, 0.15) is 11.4 Å². The van der Waals surface area contributed by atoms with Gasteiger partial charge in [-0.2, -0.15) is 0 Å². The van der Waals surface area contributed by atoms with Crippen molar-refractivity contribution in [2.45, 2.75) is 26.3 Å². The summed E-state index contributed by atoms with van der Waals surface area (Å²) in [4.78, 5) is 21.4. The van der Waals surface area contributed by atoms with Crippen molar-refractivity contribution in [3.8, 4) is 11.4 Å². The molecule has 1 heterocycles. The third-order valence-electron chi connectivity index (χ3n) is 4.24. The predicted molar refractivity (Wildman–Crippen MR) is 107 cm³/mol. The van der Waals surface area contributed by atoms with Crippen molar-refractivity contribution < 1.29 is 9.53 Å². The van der Waals surface area contributed by atoms with Crippen molar-refractivity contribution in [1.29, 1.82) is 0 Å². The maximum atomic E-state index is 12.4. The highest BCUT2D eigenvalue weighted by Gasteiger charge is 2.19. The van der Waals surface area contributed by atoms with E-state index in [0.29, 0.717) is 23.8 Å². The molecule has 3 aromatic rings. The maximum absolute atomic E-state index is 12.4. The van der Waals surface area contributed by atoms with E-state index in [1.165, 1.54) is 6.20 Å². The highest BCUT2D eigenvalue weighted by Crippen LogP contribution is 2.26. The van der Waals surface area contributed by atoms with Crippen LogP contribution in [0.25, 0.3) is 11.4 Å². The van der Waals surface area contributed by atoms with Crippen molar-refractivity contribution in [3.05, 3.63) is 78.0 Å². The van der Waals surface area contributed by atoms with E-state index in [1.807, 2.05) is 48.5 Å². The van der Waals surface area contributed by atoms with Gasteiger partial charge in [0.05, 0.1) is 12.6 Å². The van der Waals surface area contributed by atoms with Crippen LogP contribution in [0.4, 0.5) is 5.82 Å². The van der Waals surface area contributed by atoms with E-state index in [2.05, 4.69) is 34.3 Å². The number of nitrogens with zero attached hydrogens (tertiary/aromatic N) is 2. The minimum atomic E-state index is -0.428. The zero-order valence-electron chi connectivity index (χ0n) is 15.6. The fourth-order valence-corrected chi connectivity index (χ4v) is 2.85. The Morgan fingerprint density at radius 3 is 2.33 bits per heavy atom. The molecule has 0 spiro atoms. The third kappa shape index (κ3) is 4.50. The molecular weight excluding hydrogens is 338 g/mol. The highest BCUT2D eigenvalue weighted by molar-refractivity contribution is 5.94. The first kappa shape index (κ1) is 18.6. The minimum Gasteiger partial charge on any atom is -0.462 e. The van der Waals surface area contributed by atoms with Crippen molar-refractivity contribution in [1.82, 2.24) is 9.97 Å². The van der Waals surface area contributed by atoms with E-state index in [4.69, 9.17) is 4.74 Å². The van der Waals surface area contributed by atoms with Gasteiger partial charge in [-0.3, -0.25) is 0 Å². The summed E-state index contributed by atoms with van der Waals surface area (Å²) in [5.41, 5.74) is 2.37. The van der Waals surface area contributed by atoms with Crippen LogP contribution in [0, 0.1) is 0 Å². The summed E-state index contributed by atoms with van der Waals surface area (Å²) in [6.07, 6.45) is 2.38. The lowest BCUT2D eigenvalue weighted by atomic mass is 10.0. The summed E-state index contributed by atoms with van der Waals surface area (Å²) in [7, 11) is 0. The standard InChI is InChI=1S/C22H23N3O2/c1-3-19(16-11-7-5-8-12-16)24-21-18(22(26)27-4-2)15-23-20(25-21)17-13-9-6-10-14-17/h5-15,19H,3-4H2,1-2H3,(H,23,24,25). The molecule has 0 fully saturated rings. The lowest BCUT2D eigenvalue weighted by Crippen LogP contribution is -2.16. The maximum Gasteiger partial charge on any atom is 0.343 e. The number of carbonyl (C=O) groups is 1. The Kier molecular flexibility index (Phi) is 6.15. The number of aromatic nitrogens is 2. The SMILES string of the molecule is CCOC(=O)c1cnc(-c2ccccc2)nc1NC(CC)c1ccccc1. The molecule has 0 aliphatic carbocycles. The van der Waals surface area contributed by atoms with Gasteiger partial charge in [-0.15, -0.1) is 0 Å². The summed E-state index contributed by atoms with van der Waals surface area (Å²) in [5, 5.41) is 3.41. The average molecular weight is 361 g/mol. The van der Waals surface area contributed by atoms with Crippen LogP contribution in [0.15, 0.2) is 66.9 Å². The highest BCUT2D eigenvalue weighted by atomic mass is 16.5. The molecule has 1 atom stereocenters. The van der Waals surface area contributed by atoms with Gasteiger partial charge in [0, 0.05) is 11.8 Å². The second-order valence-electron chi connectivity index (χ2n) is 6.06. The fourth-order valence-electron chi connectivity index (χ4n) is 2.85. The van der Waals surface area contributed by atoms with Gasteiger partial charge in [0.2, 0.25) is 0 Å². The lowest BCUT2D eigenvalue weighted by Gasteiger charge is -2.20. The van der Waals surface area contributed by atoms with Crippen LogP contribution in [0.1, 0.15) is 42.2 Å². The number of nitrogens with one attached hydrogen (secondary N) is 1. The van der Waals surface area contributed by atoms with Crippen molar-refractivity contribution in [2.75, 3.05) is 11.9 Å². The number of rotatable bonds is 7. The number of esters is 1. The van der Waals surface area contributed by atoms with Crippen molar-refractivity contribution in [3.63, 3.8) is 0 Å². The third-order valence-corrected chi connectivity index (χ3v) is 4.24. The molecule has 0 saturated carbocycles. The molecule has 0 aliphatic heterocycles. The molecule has 2 aromatic carbocycles. The zero-order chi connectivity index (χ0) is 19.1. The van der Waals surface area contributed by atoms with Crippen molar-refractivity contribution in [2.24, 2.45) is 0 Å². The molecule has 27 heavy (non-hydrogen) atoms. The Hall–Kier alpha value is -3.21. The average Bonchev–Trinajstić information content (AvgIpc) is 2.73. The van der Waals surface area contributed by atoms with Crippen LogP contribution < -0.4 is 5.32 Å². The van der Waals surface area contributed by atoms with Gasteiger partial charge in [-0.05, 0) is 18.9 Å². The molecule has 0 bridgehead atoms. The lowest BCUT2D eigenvalue weighted by molar-refractivity contribution is 0.0526. The van der Waals surface area contributed by atoms with Gasteiger partial charge in [-0.25, -0.2) is 14.8 Å². The molecule has 1 unspecified atom stereocenters. The Labute approximate surface area is 159 Å². The molecule has 3 rings (SSSR count). The van der Waals surface area contributed by atoms with Crippen LogP contribution >= 0.6 is 0 Å². The molecule has 5 heteroatoms. The van der Waals surface area contributed by atoms with Crippen LogP contribution in [-0.2, 0) is 4.74 Å². The summed E-state index contributed by atoms with van der Waals surface area (Å²) >= 11 is 0. The van der Waals surface area contributed by atoms with Gasteiger partial charge in [0.25, 0.3) is 0 Å². The van der Waals surface area contributed by atoms with Crippen LogP contribution in [0.2, 0.25) is 0 Å². The minimum absolute atomic E-state index is 0.0258. The summed E-state index contributed by atoms with van der Waals surface area (Å²) < 4.78 is 5.18. The van der Waals surface area contributed by atoms with Gasteiger partial charge < -0.3 is 10.1 Å². The molecule has 0 amide bonds. The smallest absolute Gasteiger partial charge is 0.343 e. The van der Waals surface area contributed by atoms with Gasteiger partial charge in [-0.1, -0.05) is 67.6 Å². The van der Waals surface area contributed by atoms with Gasteiger partial charge >= 0.3 is 5.97 Å². The number of benzene rings is 2. The number of hydrogen-bond acceptors (Lipinski definition) is 5. The molecule has 1 N–H and O–H groups in total. The Morgan fingerprint density at radius 2 is 1.70 bits per heavy atom. The quantitative estimate of drug-likeness (QED) is 0.607. The number of hydrogen-bond donors (Lipinski definition) is 1. The number of ether oxygens (including phenoxy) is 1. The Bertz CT molecular complexity index is 883. The molecular formula is C22H23N3O2. The number of carbonyl (C=O) groups excluding carboxylic acids is 1. The Balaban J connectivity index is 2.00. The van der Waals surface area contributed by atoms with E-state index in [0.717, 1.165) is 17.5 Å². The normalized spacial score (nSPS) is 11.6. The zero-order valence-corrected chi connectivity index (χ0v) is 15.6. The van der Waals surface area contributed by atoms with Crippen molar-refractivity contribution >= 4 is 11.8 Å². The Morgan fingerprint density at radius 1 is 1.04 bits per heavy atom. The van der Waals surface area contributed by atoms with E-state index >= 15 is 0 Å². The molecule has 138 valence electrons. The first-order valence-corrected chi connectivity index (χ1v) is 9.14. The largest absolute Gasteiger partial charge is 0.462 e. The summed E-state index contributed by atoms with van der Waals surface area (Å²) in [6.45, 7) is 4.17. The number of anilines is 1. The summed E-state index contributed by atoms with van der Waals surface area (Å²) in [6, 6.07) is 19.8. The first-order chi connectivity index (χ1) is 13.2. The molecule has 0 aliphatic rings. The summed E-state index contributed by atoms with van der Waals surface area (Å²) in [5.74, 6) is 0.620. The van der Waals surface area contributed by atoms with Crippen LogP contribution in [0.3, 0.4) is 0 Å². The molecule has 0 saturated heterocycles. The molecule has 0 radical (unpaired) electrons. The molecule has 1 aromatic heterocycles. The van der Waals surface area contributed by atoms with E-state index < -0.39 is 5.97 Å². The first-order valence-electron chi connectivity index (χ1n) is 9.14. The predicted octanol–water partition coefficient (Wildman–Crippen LogP) is 4.88. The second kappa shape index (κ2) is 8.94. The fraction of sp³-hybridized carbons (Fsp3) is 0.227. The topological polar surface area (TPSA) is 64.1 Å². The van der Waals surface area contributed by atoms with Crippen LogP contribution in [0.5, 0.6) is 0 Å². The van der Waals surface area contributed by atoms with Gasteiger partial charge in [0.15, 0.2) is 5.82 Å². The van der Waals surface area contributed by atoms with E-state index in [9.17, 15) is 4.79 Å². The van der Waals surface area contributed by atoms with E-state index in [1.54, 1.807) is 6.92 Å². The monoisotopic (exact) mass is 361 g/mol. The second-order valence-corrected chi connectivity index (χ2v) is 6.06. The van der Waals surface area contributed by atoms with E-state index in [-0.39, 0.29) is 6.04 Å². The molecule has 5 nitrogen and oxygen atoms in total.